The van der Waals surface area contributed by atoms with Gasteiger partial charge in [-0.2, -0.15) is 0 Å². The number of carbonyl (C=O) groups is 1. The summed E-state index contributed by atoms with van der Waals surface area (Å²) in [6, 6.07) is 13.8. The minimum atomic E-state index is -3.60. The van der Waals surface area contributed by atoms with E-state index in [2.05, 4.69) is 5.32 Å². The van der Waals surface area contributed by atoms with Crippen molar-refractivity contribution in [2.45, 2.75) is 11.8 Å². The highest BCUT2D eigenvalue weighted by Crippen LogP contribution is 2.29. The molecular weight excluding hydrogens is 374 g/mol. The first-order chi connectivity index (χ1) is 12.3. The molecule has 1 aliphatic heterocycles. The van der Waals surface area contributed by atoms with Crippen LogP contribution in [0.4, 0.5) is 0 Å². The molecule has 1 amide bonds. The van der Waals surface area contributed by atoms with E-state index in [1.807, 2.05) is 24.3 Å². The number of rotatable bonds is 4. The van der Waals surface area contributed by atoms with Gasteiger partial charge in [0, 0.05) is 30.2 Å². The summed E-state index contributed by atoms with van der Waals surface area (Å²) in [5.41, 5.74) is 1.95. The Labute approximate surface area is 158 Å². The van der Waals surface area contributed by atoms with E-state index < -0.39 is 10.0 Å². The zero-order valence-corrected chi connectivity index (χ0v) is 15.6. The zero-order valence-electron chi connectivity index (χ0n) is 14.1. The monoisotopic (exact) mass is 393 g/mol. The van der Waals surface area contributed by atoms with Gasteiger partial charge >= 0.3 is 0 Å². The molecule has 1 saturated heterocycles. The van der Waals surface area contributed by atoms with Gasteiger partial charge in [0.15, 0.2) is 0 Å². The fourth-order valence-electron chi connectivity index (χ4n) is 3.11. The summed E-state index contributed by atoms with van der Waals surface area (Å²) in [5.74, 6) is -0.365. The third-order valence-corrected chi connectivity index (χ3v) is 5.42. The maximum Gasteiger partial charge on any atom is 0.254 e. The van der Waals surface area contributed by atoms with Crippen LogP contribution in [-0.2, 0) is 15.8 Å². The normalized spacial score (nSPS) is 17.9. The lowest BCUT2D eigenvalue weighted by Gasteiger charge is -2.37. The van der Waals surface area contributed by atoms with Crippen molar-refractivity contribution in [3.63, 3.8) is 0 Å². The van der Waals surface area contributed by atoms with Crippen molar-refractivity contribution in [2.75, 3.05) is 19.6 Å². The molecule has 2 aromatic rings. The van der Waals surface area contributed by atoms with E-state index in [0.29, 0.717) is 35.8 Å². The molecule has 138 valence electrons. The molecule has 8 heteroatoms. The Kier molecular flexibility index (Phi) is 5.62. The van der Waals surface area contributed by atoms with Gasteiger partial charge in [-0.3, -0.25) is 4.79 Å². The van der Waals surface area contributed by atoms with Crippen LogP contribution in [0.1, 0.15) is 27.5 Å². The van der Waals surface area contributed by atoms with Gasteiger partial charge in [0.05, 0.1) is 11.8 Å². The number of primary sulfonamides is 1. The molecule has 2 aromatic carbocycles. The molecular formula is C18H20ClN3O3S. The quantitative estimate of drug-likeness (QED) is 0.829. The van der Waals surface area contributed by atoms with E-state index in [-0.39, 0.29) is 17.7 Å². The Morgan fingerprint density at radius 3 is 2.54 bits per heavy atom. The maximum absolute atomic E-state index is 13.0. The minimum Gasteiger partial charge on any atom is -0.329 e. The molecule has 1 unspecified atom stereocenters. The molecule has 1 fully saturated rings. The number of benzene rings is 2. The van der Waals surface area contributed by atoms with E-state index in [1.165, 1.54) is 0 Å². The number of piperazine rings is 1. The number of amides is 1. The largest absolute Gasteiger partial charge is 0.329 e. The lowest BCUT2D eigenvalue weighted by Crippen LogP contribution is -2.48. The fraction of sp³-hybridized carbons (Fsp3) is 0.278. The molecule has 0 spiro atoms. The molecule has 0 bridgehead atoms. The van der Waals surface area contributed by atoms with Crippen LogP contribution in [0.5, 0.6) is 0 Å². The number of hydrogen-bond acceptors (Lipinski definition) is 4. The Balaban J connectivity index is 1.84. The van der Waals surface area contributed by atoms with E-state index in [4.69, 9.17) is 16.7 Å². The van der Waals surface area contributed by atoms with E-state index in [1.54, 1.807) is 29.2 Å². The highest BCUT2D eigenvalue weighted by Gasteiger charge is 2.29. The summed E-state index contributed by atoms with van der Waals surface area (Å²) in [6.07, 6.45) is 0. The molecule has 1 atom stereocenters. The number of nitrogens with two attached hydrogens (primary N) is 1. The second-order valence-corrected chi connectivity index (χ2v) is 8.27. The van der Waals surface area contributed by atoms with Crippen molar-refractivity contribution in [3.05, 3.63) is 70.2 Å². The van der Waals surface area contributed by atoms with Crippen molar-refractivity contribution in [1.29, 1.82) is 0 Å². The molecule has 3 N–H and O–H groups in total. The fourth-order valence-corrected chi connectivity index (χ4v) is 4.03. The summed E-state index contributed by atoms with van der Waals surface area (Å²) in [4.78, 5) is 14.8. The minimum absolute atomic E-state index is 0.112. The van der Waals surface area contributed by atoms with Crippen LogP contribution < -0.4 is 10.5 Å². The van der Waals surface area contributed by atoms with Crippen molar-refractivity contribution in [2.24, 2.45) is 5.14 Å². The summed E-state index contributed by atoms with van der Waals surface area (Å²) in [6.45, 7) is 1.89. The molecule has 6 nitrogen and oxygen atoms in total. The smallest absolute Gasteiger partial charge is 0.254 e. The third-order valence-electron chi connectivity index (χ3n) is 4.34. The summed E-state index contributed by atoms with van der Waals surface area (Å²) in [5, 5.41) is 8.98. The highest BCUT2D eigenvalue weighted by molar-refractivity contribution is 7.88. The number of nitrogens with one attached hydrogen (secondary N) is 1. The van der Waals surface area contributed by atoms with Gasteiger partial charge in [0.25, 0.3) is 5.91 Å². The number of hydrogen-bond donors (Lipinski definition) is 2. The van der Waals surface area contributed by atoms with Crippen molar-refractivity contribution in [3.8, 4) is 0 Å². The Morgan fingerprint density at radius 1 is 1.19 bits per heavy atom. The van der Waals surface area contributed by atoms with Crippen LogP contribution in [0.15, 0.2) is 48.5 Å². The molecule has 1 heterocycles. The second-order valence-electron chi connectivity index (χ2n) is 6.24. The first-order valence-electron chi connectivity index (χ1n) is 8.21. The van der Waals surface area contributed by atoms with Gasteiger partial charge in [0.1, 0.15) is 0 Å². The predicted molar refractivity (Wildman–Crippen MR) is 101 cm³/mol. The van der Waals surface area contributed by atoms with Crippen LogP contribution in [0.3, 0.4) is 0 Å². The van der Waals surface area contributed by atoms with Gasteiger partial charge in [-0.05, 0) is 29.3 Å². The summed E-state index contributed by atoms with van der Waals surface area (Å²) < 4.78 is 22.4. The van der Waals surface area contributed by atoms with E-state index in [0.717, 1.165) is 5.56 Å². The lowest BCUT2D eigenvalue weighted by molar-refractivity contribution is 0.0634. The Bertz CT molecular complexity index is 900. The lowest BCUT2D eigenvalue weighted by atomic mass is 10.0. The van der Waals surface area contributed by atoms with Crippen LogP contribution in [0.2, 0.25) is 5.02 Å². The van der Waals surface area contributed by atoms with Gasteiger partial charge < -0.3 is 10.2 Å². The van der Waals surface area contributed by atoms with Gasteiger partial charge in [-0.25, -0.2) is 13.6 Å². The first kappa shape index (κ1) is 18.8. The maximum atomic E-state index is 13.0. The van der Waals surface area contributed by atoms with Crippen LogP contribution in [-0.4, -0.2) is 38.9 Å². The van der Waals surface area contributed by atoms with Crippen LogP contribution in [0, 0.1) is 0 Å². The molecule has 3 rings (SSSR count). The Hall–Kier alpha value is -1.93. The third kappa shape index (κ3) is 4.42. The molecule has 0 saturated carbocycles. The van der Waals surface area contributed by atoms with Crippen LogP contribution >= 0.6 is 11.6 Å². The van der Waals surface area contributed by atoms with Gasteiger partial charge in [-0.1, -0.05) is 41.9 Å². The van der Waals surface area contributed by atoms with Crippen molar-refractivity contribution < 1.29 is 13.2 Å². The number of carbonyl (C=O) groups excluding carboxylic acids is 1. The van der Waals surface area contributed by atoms with Crippen LogP contribution in [0.25, 0.3) is 0 Å². The number of halogens is 1. The topological polar surface area (TPSA) is 92.5 Å². The Morgan fingerprint density at radius 2 is 1.88 bits per heavy atom. The SMILES string of the molecule is NS(=O)(=O)Cc1ccc(C(=O)N2CCNCC2c2ccccc2Cl)cc1. The number of sulfonamides is 1. The second kappa shape index (κ2) is 7.75. The first-order valence-corrected chi connectivity index (χ1v) is 10.3. The van der Waals surface area contributed by atoms with Crippen molar-refractivity contribution >= 4 is 27.5 Å². The molecule has 0 aromatic heterocycles. The molecule has 1 aliphatic rings. The zero-order chi connectivity index (χ0) is 18.7. The van der Waals surface area contributed by atoms with E-state index >= 15 is 0 Å². The molecule has 26 heavy (non-hydrogen) atoms. The van der Waals surface area contributed by atoms with E-state index in [9.17, 15) is 13.2 Å². The standard InChI is InChI=1S/C18H20ClN3O3S/c19-16-4-2-1-3-15(16)17-11-21-9-10-22(17)18(23)14-7-5-13(6-8-14)12-26(20,24)25/h1-8,17,21H,9-12H2,(H2,20,24,25). The molecule has 0 radical (unpaired) electrons. The summed E-state index contributed by atoms with van der Waals surface area (Å²) in [7, 11) is -3.60. The number of nitrogens with zero attached hydrogens (tertiary/aromatic N) is 1. The van der Waals surface area contributed by atoms with Gasteiger partial charge in [0.2, 0.25) is 10.0 Å². The average molecular weight is 394 g/mol. The molecule has 0 aliphatic carbocycles. The van der Waals surface area contributed by atoms with Crippen molar-refractivity contribution in [1.82, 2.24) is 10.2 Å². The predicted octanol–water partition coefficient (Wildman–Crippen LogP) is 1.92. The van der Waals surface area contributed by atoms with Gasteiger partial charge in [-0.15, -0.1) is 0 Å². The average Bonchev–Trinajstić information content (AvgIpc) is 2.61. The highest BCUT2D eigenvalue weighted by atomic mass is 35.5. The summed E-state index contributed by atoms with van der Waals surface area (Å²) >= 11 is 6.32.